The van der Waals surface area contributed by atoms with Crippen molar-refractivity contribution in [3.05, 3.63) is 35.6 Å². The lowest BCUT2D eigenvalue weighted by molar-refractivity contribution is 0.541. The second kappa shape index (κ2) is 3.89. The Morgan fingerprint density at radius 2 is 1.86 bits per heavy atom. The molecule has 0 aliphatic carbocycles. The summed E-state index contributed by atoms with van der Waals surface area (Å²) in [4.78, 5) is 0. The molecule has 0 aliphatic rings. The molecule has 0 saturated heterocycles. The minimum Gasteiger partial charge on any atom is -0.207 e. The Bertz CT molecular complexity index is 398. The first-order valence-corrected chi connectivity index (χ1v) is 4.17. The topological polar surface area (TPSA) is 47.6 Å². The summed E-state index contributed by atoms with van der Waals surface area (Å²) in [5.41, 5.74) is -0.750. The van der Waals surface area contributed by atoms with Crippen LogP contribution in [0.15, 0.2) is 24.3 Å². The Morgan fingerprint density at radius 3 is 2.36 bits per heavy atom. The molecule has 3 heteroatoms. The van der Waals surface area contributed by atoms with E-state index in [0.717, 1.165) is 0 Å². The van der Waals surface area contributed by atoms with Crippen LogP contribution in [0.4, 0.5) is 4.39 Å². The van der Waals surface area contributed by atoms with Crippen LogP contribution >= 0.6 is 0 Å². The molecule has 0 spiro atoms. The van der Waals surface area contributed by atoms with Crippen molar-refractivity contribution in [1.82, 2.24) is 0 Å². The van der Waals surface area contributed by atoms with Crippen molar-refractivity contribution in [3.8, 4) is 12.1 Å². The second-order valence-corrected chi connectivity index (χ2v) is 3.32. The molecule has 0 heterocycles. The van der Waals surface area contributed by atoms with Gasteiger partial charge in [-0.25, -0.2) is 4.39 Å². The molecule has 70 valence electrons. The lowest BCUT2D eigenvalue weighted by atomic mass is 9.87. The smallest absolute Gasteiger partial charge is 0.145 e. The Labute approximate surface area is 82.2 Å². The molecule has 0 N–H and O–H groups in total. The van der Waals surface area contributed by atoms with E-state index in [1.54, 1.807) is 18.2 Å². The molecule has 1 aromatic rings. The van der Waals surface area contributed by atoms with E-state index in [9.17, 15) is 4.39 Å². The summed E-state index contributed by atoms with van der Waals surface area (Å²) in [6, 6.07) is 9.93. The fourth-order valence-corrected chi connectivity index (χ4v) is 1.13. The first kappa shape index (κ1) is 10.2. The van der Waals surface area contributed by atoms with E-state index in [1.807, 2.05) is 12.1 Å². The van der Waals surface area contributed by atoms with Gasteiger partial charge in [0.05, 0.1) is 12.1 Å². The zero-order chi connectivity index (χ0) is 10.6. The van der Waals surface area contributed by atoms with Crippen LogP contribution in [0.3, 0.4) is 0 Å². The van der Waals surface area contributed by atoms with E-state index in [1.165, 1.54) is 13.0 Å². The van der Waals surface area contributed by atoms with Crippen LogP contribution in [0, 0.1) is 33.9 Å². The van der Waals surface area contributed by atoms with Gasteiger partial charge in [-0.2, -0.15) is 10.5 Å². The van der Waals surface area contributed by atoms with Crippen molar-refractivity contribution in [2.24, 2.45) is 5.41 Å². The van der Waals surface area contributed by atoms with Gasteiger partial charge in [0.15, 0.2) is 0 Å². The van der Waals surface area contributed by atoms with E-state index in [2.05, 4.69) is 0 Å². The van der Waals surface area contributed by atoms with Gasteiger partial charge in [-0.3, -0.25) is 0 Å². The SMILES string of the molecule is CC(C#N)(C#N)Cc1ccccc1F. The number of rotatable bonds is 2. The maximum atomic E-state index is 13.2. The van der Waals surface area contributed by atoms with E-state index < -0.39 is 5.41 Å². The van der Waals surface area contributed by atoms with Crippen LogP contribution in [0.5, 0.6) is 0 Å². The molecule has 0 bridgehead atoms. The van der Waals surface area contributed by atoms with Gasteiger partial charge >= 0.3 is 0 Å². The third-order valence-corrected chi connectivity index (χ3v) is 2.00. The zero-order valence-electron chi connectivity index (χ0n) is 7.79. The van der Waals surface area contributed by atoms with Crippen molar-refractivity contribution in [3.63, 3.8) is 0 Å². The second-order valence-electron chi connectivity index (χ2n) is 3.32. The molecule has 0 aliphatic heterocycles. The summed E-state index contributed by atoms with van der Waals surface area (Å²) in [5, 5.41) is 17.5. The molecule has 2 nitrogen and oxygen atoms in total. The first-order chi connectivity index (χ1) is 6.61. The molecule has 0 aromatic heterocycles. The van der Waals surface area contributed by atoms with Crippen LogP contribution in [-0.4, -0.2) is 0 Å². The molecule has 0 atom stereocenters. The third-order valence-electron chi connectivity index (χ3n) is 2.00. The monoisotopic (exact) mass is 188 g/mol. The van der Waals surface area contributed by atoms with Crippen molar-refractivity contribution in [2.45, 2.75) is 13.3 Å². The molecule has 0 amide bonds. The van der Waals surface area contributed by atoms with E-state index in [0.29, 0.717) is 5.56 Å². The Kier molecular flexibility index (Phi) is 2.84. The summed E-state index contributed by atoms with van der Waals surface area (Å²) < 4.78 is 13.2. The highest BCUT2D eigenvalue weighted by Crippen LogP contribution is 2.21. The number of hydrogen-bond donors (Lipinski definition) is 0. The standard InChI is InChI=1S/C11H9FN2/c1-11(7-13,8-14)6-9-4-2-3-5-10(9)12/h2-5H,6H2,1H3. The highest BCUT2D eigenvalue weighted by Gasteiger charge is 2.24. The largest absolute Gasteiger partial charge is 0.207 e. The molecule has 1 aromatic carbocycles. The summed E-state index contributed by atoms with van der Waals surface area (Å²) >= 11 is 0. The van der Waals surface area contributed by atoms with Gasteiger partial charge in [-0.1, -0.05) is 18.2 Å². The molecule has 0 fully saturated rings. The molecular weight excluding hydrogens is 179 g/mol. The normalized spacial score (nSPS) is 10.3. The van der Waals surface area contributed by atoms with Crippen molar-refractivity contribution >= 4 is 0 Å². The quantitative estimate of drug-likeness (QED) is 0.715. The minimum absolute atomic E-state index is 0.118. The highest BCUT2D eigenvalue weighted by atomic mass is 19.1. The van der Waals surface area contributed by atoms with Gasteiger partial charge in [0, 0.05) is 6.42 Å². The lowest BCUT2D eigenvalue weighted by Crippen LogP contribution is -2.15. The van der Waals surface area contributed by atoms with Gasteiger partial charge < -0.3 is 0 Å². The predicted octanol–water partition coefficient (Wildman–Crippen LogP) is 2.42. The summed E-state index contributed by atoms with van der Waals surface area (Å²) in [6.45, 7) is 1.50. The van der Waals surface area contributed by atoms with Crippen molar-refractivity contribution in [2.75, 3.05) is 0 Å². The molecular formula is C11H9FN2. The highest BCUT2D eigenvalue weighted by molar-refractivity contribution is 5.24. The number of halogens is 1. The average molecular weight is 188 g/mol. The molecule has 0 unspecified atom stereocenters. The van der Waals surface area contributed by atoms with E-state index in [4.69, 9.17) is 10.5 Å². The maximum absolute atomic E-state index is 13.2. The van der Waals surface area contributed by atoms with Gasteiger partial charge in [-0.05, 0) is 18.6 Å². The van der Waals surface area contributed by atoms with Gasteiger partial charge in [0.2, 0.25) is 0 Å². The first-order valence-electron chi connectivity index (χ1n) is 4.17. The predicted molar refractivity (Wildman–Crippen MR) is 49.4 cm³/mol. The lowest BCUT2D eigenvalue weighted by Gasteiger charge is -2.11. The summed E-state index contributed by atoms with van der Waals surface area (Å²) in [6.07, 6.45) is 0.118. The molecule has 1 rings (SSSR count). The summed E-state index contributed by atoms with van der Waals surface area (Å²) in [5.74, 6) is -0.371. The Hall–Kier alpha value is -1.87. The molecule has 0 saturated carbocycles. The van der Waals surface area contributed by atoms with Crippen LogP contribution in [0.2, 0.25) is 0 Å². The van der Waals surface area contributed by atoms with Crippen LogP contribution in [0.1, 0.15) is 12.5 Å². The minimum atomic E-state index is -1.15. The molecule has 14 heavy (non-hydrogen) atoms. The van der Waals surface area contributed by atoms with Crippen LogP contribution < -0.4 is 0 Å². The number of nitrogens with zero attached hydrogens (tertiary/aromatic N) is 2. The van der Waals surface area contributed by atoms with Gasteiger partial charge in [-0.15, -0.1) is 0 Å². The average Bonchev–Trinajstić information content (AvgIpc) is 2.21. The zero-order valence-corrected chi connectivity index (χ0v) is 7.79. The Balaban J connectivity index is 2.97. The molecule has 0 radical (unpaired) electrons. The fourth-order valence-electron chi connectivity index (χ4n) is 1.13. The van der Waals surface area contributed by atoms with E-state index in [-0.39, 0.29) is 12.2 Å². The summed E-state index contributed by atoms with van der Waals surface area (Å²) in [7, 11) is 0. The van der Waals surface area contributed by atoms with Crippen LogP contribution in [-0.2, 0) is 6.42 Å². The number of nitriles is 2. The van der Waals surface area contributed by atoms with Crippen molar-refractivity contribution in [1.29, 1.82) is 10.5 Å². The Morgan fingerprint density at radius 1 is 1.29 bits per heavy atom. The van der Waals surface area contributed by atoms with Crippen molar-refractivity contribution < 1.29 is 4.39 Å². The van der Waals surface area contributed by atoms with Gasteiger partial charge in [0.25, 0.3) is 0 Å². The number of hydrogen-bond acceptors (Lipinski definition) is 2. The third kappa shape index (κ3) is 2.08. The maximum Gasteiger partial charge on any atom is 0.145 e. The van der Waals surface area contributed by atoms with Crippen LogP contribution in [0.25, 0.3) is 0 Å². The van der Waals surface area contributed by atoms with E-state index >= 15 is 0 Å². The van der Waals surface area contributed by atoms with Gasteiger partial charge in [0.1, 0.15) is 11.2 Å². The number of benzene rings is 1. The fraction of sp³-hybridized carbons (Fsp3) is 0.273.